The first kappa shape index (κ1) is 16.3. The number of phenols is 3. The quantitative estimate of drug-likeness (QED) is 0.430. The van der Waals surface area contributed by atoms with Gasteiger partial charge in [-0.3, -0.25) is 5.43 Å². The maximum Gasteiger partial charge on any atom is 0.165 e. The van der Waals surface area contributed by atoms with Crippen molar-refractivity contribution in [3.8, 4) is 28.6 Å². The predicted molar refractivity (Wildman–Crippen MR) is 94.9 cm³/mol. The molecule has 0 fully saturated rings. The summed E-state index contributed by atoms with van der Waals surface area (Å²) in [6.07, 6.45) is 1.41. The van der Waals surface area contributed by atoms with Gasteiger partial charge in [0.1, 0.15) is 17.2 Å². The van der Waals surface area contributed by atoms with E-state index < -0.39 is 0 Å². The average Bonchev–Trinajstić information content (AvgIpc) is 2.57. The summed E-state index contributed by atoms with van der Waals surface area (Å²) in [6.45, 7) is 1.81. The van der Waals surface area contributed by atoms with Gasteiger partial charge in [0, 0.05) is 23.4 Å². The molecule has 0 spiro atoms. The number of benzene rings is 2. The van der Waals surface area contributed by atoms with Crippen LogP contribution in [-0.4, -0.2) is 31.5 Å². The highest BCUT2D eigenvalue weighted by atomic mass is 16.3. The van der Waals surface area contributed by atoms with Crippen molar-refractivity contribution < 1.29 is 15.3 Å². The zero-order valence-electron chi connectivity index (χ0n) is 13.4. The van der Waals surface area contributed by atoms with Gasteiger partial charge in [-0.05, 0) is 31.2 Å². The summed E-state index contributed by atoms with van der Waals surface area (Å²) in [4.78, 5) is 8.66. The number of aromatic nitrogens is 2. The van der Waals surface area contributed by atoms with E-state index in [4.69, 9.17) is 0 Å². The molecule has 4 N–H and O–H groups in total. The molecule has 2 aromatic carbocycles. The minimum atomic E-state index is -0.0840. The zero-order chi connectivity index (χ0) is 17.8. The Bertz CT molecular complexity index is 941. The van der Waals surface area contributed by atoms with Crippen LogP contribution in [0.25, 0.3) is 11.4 Å². The zero-order valence-corrected chi connectivity index (χ0v) is 13.4. The van der Waals surface area contributed by atoms with Crippen LogP contribution in [0, 0.1) is 6.92 Å². The second kappa shape index (κ2) is 6.88. The van der Waals surface area contributed by atoms with Crippen LogP contribution in [0.5, 0.6) is 17.2 Å². The van der Waals surface area contributed by atoms with E-state index in [1.54, 1.807) is 30.3 Å². The lowest BCUT2D eigenvalue weighted by molar-refractivity contribution is 0.450. The summed E-state index contributed by atoms with van der Waals surface area (Å²) in [7, 11) is 0. The highest BCUT2D eigenvalue weighted by molar-refractivity contribution is 5.84. The van der Waals surface area contributed by atoms with Gasteiger partial charge in [-0.15, -0.1) is 0 Å². The second-order valence-corrected chi connectivity index (χ2v) is 5.35. The van der Waals surface area contributed by atoms with E-state index in [2.05, 4.69) is 20.5 Å². The summed E-state index contributed by atoms with van der Waals surface area (Å²) in [5.41, 5.74) is 4.44. The van der Waals surface area contributed by atoms with Crippen molar-refractivity contribution in [3.05, 3.63) is 59.8 Å². The number of hydrogen-bond acceptors (Lipinski definition) is 7. The number of nitrogens with zero attached hydrogens (tertiary/aromatic N) is 3. The first-order valence-electron chi connectivity index (χ1n) is 7.48. The van der Waals surface area contributed by atoms with Crippen molar-refractivity contribution >= 4 is 12.0 Å². The Morgan fingerprint density at radius 3 is 2.52 bits per heavy atom. The molecule has 0 aliphatic heterocycles. The monoisotopic (exact) mass is 336 g/mol. The molecular weight excluding hydrogens is 320 g/mol. The molecule has 0 saturated carbocycles. The van der Waals surface area contributed by atoms with E-state index in [-0.39, 0.29) is 17.2 Å². The Morgan fingerprint density at radius 1 is 0.960 bits per heavy atom. The van der Waals surface area contributed by atoms with Crippen molar-refractivity contribution in [1.29, 1.82) is 0 Å². The van der Waals surface area contributed by atoms with Gasteiger partial charge in [0.15, 0.2) is 11.6 Å². The van der Waals surface area contributed by atoms with Gasteiger partial charge in [0.2, 0.25) is 0 Å². The largest absolute Gasteiger partial charge is 0.508 e. The van der Waals surface area contributed by atoms with Gasteiger partial charge >= 0.3 is 0 Å². The van der Waals surface area contributed by atoms with E-state index in [0.29, 0.717) is 28.5 Å². The van der Waals surface area contributed by atoms with Gasteiger partial charge < -0.3 is 15.3 Å². The molecule has 126 valence electrons. The topological polar surface area (TPSA) is 111 Å². The van der Waals surface area contributed by atoms with E-state index >= 15 is 0 Å². The van der Waals surface area contributed by atoms with Crippen molar-refractivity contribution in [2.45, 2.75) is 6.92 Å². The number of phenolic OH excluding ortho intramolecular Hbond substituents is 3. The summed E-state index contributed by atoms with van der Waals surface area (Å²) < 4.78 is 0. The molecule has 3 aromatic rings. The molecule has 7 heteroatoms. The number of rotatable bonds is 4. The Hall–Kier alpha value is -3.61. The molecule has 1 aromatic heterocycles. The molecule has 1 heterocycles. The summed E-state index contributed by atoms with van der Waals surface area (Å²) in [5, 5.41) is 33.0. The summed E-state index contributed by atoms with van der Waals surface area (Å²) in [5.74, 6) is 0.806. The first-order chi connectivity index (χ1) is 12.0. The summed E-state index contributed by atoms with van der Waals surface area (Å²) in [6, 6.07) is 12.7. The molecule has 25 heavy (non-hydrogen) atoms. The van der Waals surface area contributed by atoms with Crippen LogP contribution in [0.4, 0.5) is 5.82 Å². The van der Waals surface area contributed by atoms with Crippen molar-refractivity contribution in [1.82, 2.24) is 9.97 Å². The first-order valence-corrected chi connectivity index (χ1v) is 7.48. The average molecular weight is 336 g/mol. The van der Waals surface area contributed by atoms with Crippen LogP contribution in [0.15, 0.2) is 53.6 Å². The number of hydrogen-bond donors (Lipinski definition) is 4. The van der Waals surface area contributed by atoms with Gasteiger partial charge in [-0.2, -0.15) is 5.10 Å². The van der Waals surface area contributed by atoms with Crippen molar-refractivity contribution in [2.75, 3.05) is 5.43 Å². The highest BCUT2D eigenvalue weighted by Crippen LogP contribution is 2.27. The van der Waals surface area contributed by atoms with Gasteiger partial charge in [0.25, 0.3) is 0 Å². The minimum Gasteiger partial charge on any atom is -0.508 e. The fraction of sp³-hybridized carbons (Fsp3) is 0.0556. The second-order valence-electron chi connectivity index (χ2n) is 5.35. The molecule has 0 aliphatic rings. The van der Waals surface area contributed by atoms with E-state index in [1.807, 2.05) is 6.92 Å². The molecule has 0 saturated heterocycles. The van der Waals surface area contributed by atoms with Gasteiger partial charge in [-0.25, -0.2) is 9.97 Å². The van der Waals surface area contributed by atoms with E-state index in [9.17, 15) is 15.3 Å². The molecule has 7 nitrogen and oxygen atoms in total. The van der Waals surface area contributed by atoms with Gasteiger partial charge in [-0.1, -0.05) is 12.1 Å². The Balaban J connectivity index is 1.84. The van der Waals surface area contributed by atoms with Crippen LogP contribution in [0.2, 0.25) is 0 Å². The third-order valence-electron chi connectivity index (χ3n) is 3.40. The standard InChI is InChI=1S/C18H16N4O3/c1-11-8-17(21-18(20-11)14-4-2-3-5-15(14)24)22-19-10-12-6-7-13(23)9-16(12)25/h2-10,23-25H,1H3,(H,20,21,22)/b19-10-. The van der Waals surface area contributed by atoms with Crippen molar-refractivity contribution in [3.63, 3.8) is 0 Å². The number of hydrazone groups is 1. The Kier molecular flexibility index (Phi) is 4.47. The normalized spacial score (nSPS) is 10.9. The minimum absolute atomic E-state index is 0.0265. The number of nitrogens with one attached hydrogen (secondary N) is 1. The van der Waals surface area contributed by atoms with Crippen LogP contribution < -0.4 is 5.43 Å². The number of para-hydroxylation sites is 1. The summed E-state index contributed by atoms with van der Waals surface area (Å²) >= 11 is 0. The lowest BCUT2D eigenvalue weighted by Crippen LogP contribution is -1.99. The van der Waals surface area contributed by atoms with E-state index in [0.717, 1.165) is 0 Å². The SMILES string of the molecule is Cc1cc(N/N=C\c2ccc(O)cc2O)nc(-c2ccccc2O)n1. The molecule has 0 amide bonds. The molecular formula is C18H16N4O3. The fourth-order valence-electron chi connectivity index (χ4n) is 2.22. The predicted octanol–water partition coefficient (Wildman–Crippen LogP) is 3.01. The number of anilines is 1. The maximum absolute atomic E-state index is 9.95. The Labute approximate surface area is 144 Å². The van der Waals surface area contributed by atoms with Crippen LogP contribution in [-0.2, 0) is 0 Å². The fourth-order valence-corrected chi connectivity index (χ4v) is 2.22. The Morgan fingerprint density at radius 2 is 1.76 bits per heavy atom. The molecule has 0 bridgehead atoms. The lowest BCUT2D eigenvalue weighted by Gasteiger charge is -2.07. The molecule has 0 atom stereocenters. The van der Waals surface area contributed by atoms with Gasteiger partial charge in [0.05, 0.1) is 11.8 Å². The molecule has 0 radical (unpaired) electrons. The smallest absolute Gasteiger partial charge is 0.165 e. The van der Waals surface area contributed by atoms with Crippen LogP contribution >= 0.6 is 0 Å². The van der Waals surface area contributed by atoms with E-state index in [1.165, 1.54) is 24.4 Å². The maximum atomic E-state index is 9.95. The third-order valence-corrected chi connectivity index (χ3v) is 3.40. The number of aryl methyl sites for hydroxylation is 1. The van der Waals surface area contributed by atoms with Crippen molar-refractivity contribution in [2.24, 2.45) is 5.10 Å². The lowest BCUT2D eigenvalue weighted by atomic mass is 10.2. The molecule has 0 unspecified atom stereocenters. The molecule has 0 aliphatic carbocycles. The number of aromatic hydroxyl groups is 3. The van der Waals surface area contributed by atoms with Crippen LogP contribution in [0.1, 0.15) is 11.3 Å². The molecule has 3 rings (SSSR count). The highest BCUT2D eigenvalue weighted by Gasteiger charge is 2.08. The third kappa shape index (κ3) is 3.84. The van der Waals surface area contributed by atoms with Crippen LogP contribution in [0.3, 0.4) is 0 Å².